The van der Waals surface area contributed by atoms with Crippen LogP contribution in [0.5, 0.6) is 0 Å². The van der Waals surface area contributed by atoms with Crippen molar-refractivity contribution in [2.75, 3.05) is 13.1 Å². The van der Waals surface area contributed by atoms with E-state index in [0.29, 0.717) is 23.6 Å². The van der Waals surface area contributed by atoms with Gasteiger partial charge in [-0.2, -0.15) is 0 Å². The fraction of sp³-hybridized carbons (Fsp3) is 0.688. The molecule has 1 saturated heterocycles. The normalized spacial score (nSPS) is 26.3. The number of likely N-dealkylation sites (tertiary alicyclic amines) is 1. The summed E-state index contributed by atoms with van der Waals surface area (Å²) < 4.78 is 0. The summed E-state index contributed by atoms with van der Waals surface area (Å²) in [6.07, 6.45) is 3.88. The fourth-order valence-corrected chi connectivity index (χ4v) is 2.96. The van der Waals surface area contributed by atoms with Crippen LogP contribution in [0.2, 0.25) is 0 Å². The summed E-state index contributed by atoms with van der Waals surface area (Å²) in [7, 11) is 0. The van der Waals surface area contributed by atoms with Crippen LogP contribution < -0.4 is 5.32 Å². The van der Waals surface area contributed by atoms with Gasteiger partial charge in [-0.3, -0.25) is 9.69 Å². The lowest BCUT2D eigenvalue weighted by Gasteiger charge is -2.20. The summed E-state index contributed by atoms with van der Waals surface area (Å²) in [5.74, 6) is 0.948. The Labute approximate surface area is 126 Å². The number of carbonyl (C=O) groups excluding carboxylic acids is 1. The van der Waals surface area contributed by atoms with E-state index in [-0.39, 0.29) is 11.9 Å². The number of rotatable bonds is 4. The van der Waals surface area contributed by atoms with Crippen molar-refractivity contribution in [1.82, 2.24) is 20.2 Å². The highest BCUT2D eigenvalue weighted by molar-refractivity contribution is 5.92. The fourth-order valence-electron chi connectivity index (χ4n) is 2.96. The summed E-state index contributed by atoms with van der Waals surface area (Å²) in [6.45, 7) is 8.56. The van der Waals surface area contributed by atoms with Gasteiger partial charge in [-0.15, -0.1) is 0 Å². The van der Waals surface area contributed by atoms with E-state index >= 15 is 0 Å². The molecule has 1 aliphatic heterocycles. The standard InChI is InChI=1S/C16H24N4O/c1-10(2)20-7-11(3)15(8-20)19-16(21)14-6-13(12-4-5-12)17-9-18-14/h6,9-12,15H,4-5,7-8H2,1-3H3,(H,19,21)/t11-,15-/m1/s1. The molecule has 5 heteroatoms. The molecule has 21 heavy (non-hydrogen) atoms. The second kappa shape index (κ2) is 5.72. The van der Waals surface area contributed by atoms with Crippen molar-refractivity contribution in [2.24, 2.45) is 5.92 Å². The maximum Gasteiger partial charge on any atom is 0.270 e. The van der Waals surface area contributed by atoms with Gasteiger partial charge in [0.1, 0.15) is 12.0 Å². The number of aromatic nitrogens is 2. The summed E-state index contributed by atoms with van der Waals surface area (Å²) in [4.78, 5) is 23.2. The van der Waals surface area contributed by atoms with Gasteiger partial charge < -0.3 is 5.32 Å². The van der Waals surface area contributed by atoms with Crippen LogP contribution in [-0.4, -0.2) is 45.9 Å². The van der Waals surface area contributed by atoms with Gasteiger partial charge in [0, 0.05) is 36.8 Å². The van der Waals surface area contributed by atoms with Crippen LogP contribution in [0.1, 0.15) is 55.7 Å². The average Bonchev–Trinajstić information content (AvgIpc) is 3.24. The maximum atomic E-state index is 12.4. The quantitative estimate of drug-likeness (QED) is 0.918. The first kappa shape index (κ1) is 14.4. The molecule has 1 amide bonds. The van der Waals surface area contributed by atoms with Gasteiger partial charge in [-0.1, -0.05) is 6.92 Å². The molecule has 2 fully saturated rings. The highest BCUT2D eigenvalue weighted by Crippen LogP contribution is 2.38. The summed E-state index contributed by atoms with van der Waals surface area (Å²) in [6, 6.07) is 2.58. The zero-order valence-corrected chi connectivity index (χ0v) is 13.0. The highest BCUT2D eigenvalue weighted by Gasteiger charge is 2.32. The van der Waals surface area contributed by atoms with Crippen molar-refractivity contribution in [3.63, 3.8) is 0 Å². The van der Waals surface area contributed by atoms with Crippen molar-refractivity contribution < 1.29 is 4.79 Å². The summed E-state index contributed by atoms with van der Waals surface area (Å²) in [5, 5.41) is 3.15. The van der Waals surface area contributed by atoms with Gasteiger partial charge in [-0.25, -0.2) is 9.97 Å². The molecule has 0 aromatic carbocycles. The Morgan fingerprint density at radius 3 is 2.71 bits per heavy atom. The largest absolute Gasteiger partial charge is 0.346 e. The maximum absolute atomic E-state index is 12.4. The zero-order chi connectivity index (χ0) is 15.0. The highest BCUT2D eigenvalue weighted by atomic mass is 16.2. The second-order valence-corrected chi connectivity index (χ2v) is 6.71. The third-order valence-electron chi connectivity index (χ3n) is 4.60. The smallest absolute Gasteiger partial charge is 0.270 e. The molecule has 1 aromatic rings. The number of hydrogen-bond acceptors (Lipinski definition) is 4. The summed E-state index contributed by atoms with van der Waals surface area (Å²) >= 11 is 0. The van der Waals surface area contributed by atoms with Crippen LogP contribution in [0.15, 0.2) is 12.4 Å². The number of nitrogens with zero attached hydrogens (tertiary/aromatic N) is 3. The van der Waals surface area contributed by atoms with Crippen LogP contribution in [0.25, 0.3) is 0 Å². The third-order valence-corrected chi connectivity index (χ3v) is 4.60. The molecule has 0 unspecified atom stereocenters. The Hall–Kier alpha value is -1.49. The van der Waals surface area contributed by atoms with Crippen LogP contribution in [0.4, 0.5) is 0 Å². The van der Waals surface area contributed by atoms with E-state index in [1.54, 1.807) is 0 Å². The zero-order valence-electron chi connectivity index (χ0n) is 13.0. The molecule has 1 N–H and O–H groups in total. The SMILES string of the molecule is CC(C)N1C[C@@H](C)[C@H](NC(=O)c2cc(C3CC3)ncn2)C1. The molecule has 2 aliphatic rings. The lowest BCUT2D eigenvalue weighted by Crippen LogP contribution is -2.40. The molecule has 2 heterocycles. The first-order valence-corrected chi connectivity index (χ1v) is 7.91. The van der Waals surface area contributed by atoms with E-state index in [9.17, 15) is 4.79 Å². The molecule has 0 radical (unpaired) electrons. The number of amides is 1. The Kier molecular flexibility index (Phi) is 3.93. The molecule has 1 saturated carbocycles. The molecule has 0 spiro atoms. The predicted octanol–water partition coefficient (Wildman–Crippen LogP) is 1.81. The molecule has 3 rings (SSSR count). The first-order valence-electron chi connectivity index (χ1n) is 7.91. The average molecular weight is 288 g/mol. The third kappa shape index (κ3) is 3.23. The lowest BCUT2D eigenvalue weighted by atomic mass is 10.1. The topological polar surface area (TPSA) is 58.1 Å². The van der Waals surface area contributed by atoms with Gasteiger partial charge in [0.15, 0.2) is 0 Å². The van der Waals surface area contributed by atoms with E-state index in [1.165, 1.54) is 19.2 Å². The predicted molar refractivity (Wildman–Crippen MR) is 81.1 cm³/mol. The van der Waals surface area contributed by atoms with Crippen LogP contribution in [-0.2, 0) is 0 Å². The molecule has 1 aliphatic carbocycles. The number of hydrogen-bond donors (Lipinski definition) is 1. The van der Waals surface area contributed by atoms with E-state index < -0.39 is 0 Å². The van der Waals surface area contributed by atoms with E-state index in [0.717, 1.165) is 18.8 Å². The van der Waals surface area contributed by atoms with Gasteiger partial charge >= 0.3 is 0 Å². The molecular formula is C16H24N4O. The van der Waals surface area contributed by atoms with Crippen molar-refractivity contribution in [3.8, 4) is 0 Å². The minimum Gasteiger partial charge on any atom is -0.346 e. The van der Waals surface area contributed by atoms with E-state index in [4.69, 9.17) is 0 Å². The van der Waals surface area contributed by atoms with Gasteiger partial charge in [-0.05, 0) is 38.7 Å². The Bertz CT molecular complexity index is 527. The minimum atomic E-state index is -0.0678. The Morgan fingerprint density at radius 2 is 2.10 bits per heavy atom. The molecule has 0 bridgehead atoms. The van der Waals surface area contributed by atoms with E-state index in [1.807, 2.05) is 6.07 Å². The van der Waals surface area contributed by atoms with Gasteiger partial charge in [0.25, 0.3) is 5.91 Å². The van der Waals surface area contributed by atoms with Crippen LogP contribution in [0.3, 0.4) is 0 Å². The Balaban J connectivity index is 1.64. The lowest BCUT2D eigenvalue weighted by molar-refractivity contribution is 0.0925. The summed E-state index contributed by atoms with van der Waals surface area (Å²) in [5.41, 5.74) is 1.51. The first-order chi connectivity index (χ1) is 10.0. The van der Waals surface area contributed by atoms with Crippen LogP contribution in [0, 0.1) is 5.92 Å². The molecular weight excluding hydrogens is 264 g/mol. The monoisotopic (exact) mass is 288 g/mol. The van der Waals surface area contributed by atoms with Crippen molar-refractivity contribution in [3.05, 3.63) is 23.8 Å². The van der Waals surface area contributed by atoms with Crippen molar-refractivity contribution >= 4 is 5.91 Å². The number of carbonyl (C=O) groups is 1. The minimum absolute atomic E-state index is 0.0678. The Morgan fingerprint density at radius 1 is 1.33 bits per heavy atom. The van der Waals surface area contributed by atoms with Crippen molar-refractivity contribution in [1.29, 1.82) is 0 Å². The van der Waals surface area contributed by atoms with Gasteiger partial charge in [0.2, 0.25) is 0 Å². The molecule has 114 valence electrons. The van der Waals surface area contributed by atoms with Crippen molar-refractivity contribution in [2.45, 2.75) is 51.6 Å². The molecule has 5 nitrogen and oxygen atoms in total. The molecule has 1 aromatic heterocycles. The second-order valence-electron chi connectivity index (χ2n) is 6.71. The van der Waals surface area contributed by atoms with Gasteiger partial charge in [0.05, 0.1) is 0 Å². The molecule has 2 atom stereocenters. The van der Waals surface area contributed by atoms with Crippen LogP contribution >= 0.6 is 0 Å². The van der Waals surface area contributed by atoms with E-state index in [2.05, 4.69) is 41.0 Å². The number of nitrogens with one attached hydrogen (secondary N) is 1.